The van der Waals surface area contributed by atoms with Crippen LogP contribution >= 0.6 is 47.8 Å². The Labute approximate surface area is 203 Å². The number of benzene rings is 2. The Kier molecular flexibility index (Phi) is 9.80. The van der Waals surface area contributed by atoms with E-state index in [2.05, 4.69) is 20.5 Å². The number of piperidine rings is 1. The van der Waals surface area contributed by atoms with E-state index in [-0.39, 0.29) is 30.6 Å². The number of thiazole rings is 1. The second-order valence-electron chi connectivity index (χ2n) is 7.64. The molecule has 0 unspecified atom stereocenters. The summed E-state index contributed by atoms with van der Waals surface area (Å²) in [6, 6.07) is 12.1. The van der Waals surface area contributed by atoms with Crippen LogP contribution in [0.2, 0.25) is 5.02 Å². The van der Waals surface area contributed by atoms with E-state index in [1.54, 1.807) is 23.5 Å². The van der Waals surface area contributed by atoms with Crippen molar-refractivity contribution in [3.63, 3.8) is 0 Å². The topological polar surface area (TPSA) is 40.8 Å². The quantitative estimate of drug-likeness (QED) is 0.509. The molecule has 2 aromatic carbocycles. The van der Waals surface area contributed by atoms with Crippen LogP contribution in [-0.2, 0) is 6.54 Å². The minimum absolute atomic E-state index is 0. The number of aliphatic hydroxyl groups is 1. The van der Waals surface area contributed by atoms with Crippen LogP contribution in [0.5, 0.6) is 0 Å². The minimum Gasteiger partial charge on any atom is -0.387 e. The maximum absolute atomic E-state index is 13.1. The molecule has 0 aliphatic carbocycles. The van der Waals surface area contributed by atoms with Gasteiger partial charge in [0, 0.05) is 25.2 Å². The number of hydrogen-bond acceptors (Lipinski definition) is 4. The first-order valence-corrected chi connectivity index (χ1v) is 11.1. The largest absolute Gasteiger partial charge is 0.387 e. The predicted molar refractivity (Wildman–Crippen MR) is 131 cm³/mol. The number of halogens is 4. The van der Waals surface area contributed by atoms with Gasteiger partial charge in [0.25, 0.3) is 0 Å². The van der Waals surface area contributed by atoms with Crippen LogP contribution in [0.4, 0.5) is 4.39 Å². The van der Waals surface area contributed by atoms with E-state index >= 15 is 0 Å². The van der Waals surface area contributed by atoms with Crippen molar-refractivity contribution in [1.82, 2.24) is 9.47 Å². The molecule has 1 aromatic heterocycles. The molecule has 0 spiro atoms. The summed E-state index contributed by atoms with van der Waals surface area (Å²) in [5, 5.41) is 11.2. The lowest BCUT2D eigenvalue weighted by atomic mass is 9.96. The van der Waals surface area contributed by atoms with Crippen LogP contribution in [0.15, 0.2) is 47.5 Å². The van der Waals surface area contributed by atoms with Crippen LogP contribution < -0.4 is 4.80 Å². The van der Waals surface area contributed by atoms with E-state index in [0.717, 1.165) is 52.6 Å². The number of aromatic nitrogens is 1. The van der Waals surface area contributed by atoms with Crippen molar-refractivity contribution < 1.29 is 9.50 Å². The molecule has 4 nitrogen and oxygen atoms in total. The first-order chi connectivity index (χ1) is 14.0. The molecule has 1 N–H and O–H groups in total. The average Bonchev–Trinajstić information content (AvgIpc) is 3.06. The second-order valence-corrected chi connectivity index (χ2v) is 9.09. The monoisotopic (exact) mass is 505 g/mol. The van der Waals surface area contributed by atoms with Crippen molar-refractivity contribution >= 4 is 58.0 Å². The summed E-state index contributed by atoms with van der Waals surface area (Å²) < 4.78 is 16.5. The summed E-state index contributed by atoms with van der Waals surface area (Å²) in [5.41, 5.74) is 1.95. The Morgan fingerprint density at radius 3 is 2.48 bits per heavy atom. The Hall–Kier alpha value is -1.15. The van der Waals surface area contributed by atoms with Crippen LogP contribution in [-0.4, -0.2) is 41.3 Å². The van der Waals surface area contributed by atoms with E-state index in [9.17, 15) is 9.50 Å². The molecule has 0 saturated carbocycles. The molecule has 1 aliphatic heterocycles. The molecule has 1 fully saturated rings. The summed E-state index contributed by atoms with van der Waals surface area (Å²) in [4.78, 5) is 7.79. The fraction of sp³-hybridized carbons (Fsp3) is 0.409. The Morgan fingerprint density at radius 2 is 1.84 bits per heavy atom. The molecule has 1 aliphatic rings. The second kappa shape index (κ2) is 11.6. The van der Waals surface area contributed by atoms with Crippen LogP contribution in [0, 0.1) is 11.7 Å². The third-order valence-corrected chi connectivity index (χ3v) is 7.04. The van der Waals surface area contributed by atoms with Gasteiger partial charge in [0.1, 0.15) is 5.82 Å². The fourth-order valence-electron chi connectivity index (χ4n) is 4.04. The Morgan fingerprint density at radius 1 is 1.16 bits per heavy atom. The van der Waals surface area contributed by atoms with E-state index in [1.807, 2.05) is 19.2 Å². The molecule has 4 rings (SSSR count). The zero-order valence-corrected chi connectivity index (χ0v) is 20.4. The van der Waals surface area contributed by atoms with Crippen molar-refractivity contribution in [2.45, 2.75) is 25.5 Å². The van der Waals surface area contributed by atoms with Gasteiger partial charge in [-0.3, -0.25) is 4.99 Å². The first kappa shape index (κ1) is 26.1. The van der Waals surface area contributed by atoms with Gasteiger partial charge in [0.05, 0.1) is 16.3 Å². The zero-order valence-electron chi connectivity index (χ0n) is 17.2. The van der Waals surface area contributed by atoms with Gasteiger partial charge in [-0.1, -0.05) is 35.1 Å². The third-order valence-electron chi connectivity index (χ3n) is 5.67. The average molecular weight is 507 g/mol. The Balaban J connectivity index is 0.00000171. The maximum Gasteiger partial charge on any atom is 0.185 e. The minimum atomic E-state index is -0.586. The molecule has 3 aromatic rings. The van der Waals surface area contributed by atoms with E-state index in [4.69, 9.17) is 11.6 Å². The van der Waals surface area contributed by atoms with Gasteiger partial charge in [0.2, 0.25) is 0 Å². The Bertz CT molecular complexity index is 1050. The summed E-state index contributed by atoms with van der Waals surface area (Å²) in [5.74, 6) is 0.300. The smallest absolute Gasteiger partial charge is 0.185 e. The maximum atomic E-state index is 13.1. The molecule has 1 saturated heterocycles. The number of fused-ring (bicyclic) bond motifs is 1. The number of likely N-dealkylation sites (tertiary alicyclic amines) is 1. The SMILES string of the molecule is C/N=c1/sc2cc(Cl)ccc2n1CC1CCN(C[C@@H](O)c2ccc(F)cc2)CC1.Cl.Cl. The molecule has 9 heteroatoms. The standard InChI is InChI=1S/C22H25ClFN3OS.2ClH/c1-25-22-27(19-7-4-17(23)12-21(19)29-22)13-15-8-10-26(11-9-15)14-20(28)16-2-5-18(24)6-3-16;;/h2-7,12,15,20,28H,8-11,13-14H2,1H3;2*1H/b25-22+;;/t20-;;/m1../s1. The summed E-state index contributed by atoms with van der Waals surface area (Å²) >= 11 is 7.82. The van der Waals surface area contributed by atoms with Crippen LogP contribution in [0.25, 0.3) is 10.2 Å². The van der Waals surface area contributed by atoms with Gasteiger partial charge in [0.15, 0.2) is 4.80 Å². The highest BCUT2D eigenvalue weighted by Gasteiger charge is 2.23. The molecule has 2 heterocycles. The summed E-state index contributed by atoms with van der Waals surface area (Å²) in [7, 11) is 1.84. The molecular weight excluding hydrogens is 480 g/mol. The van der Waals surface area contributed by atoms with Crippen LogP contribution in [0.3, 0.4) is 0 Å². The molecule has 1 atom stereocenters. The normalized spacial score (nSPS) is 16.7. The molecule has 170 valence electrons. The molecule has 31 heavy (non-hydrogen) atoms. The predicted octanol–water partition coefficient (Wildman–Crippen LogP) is 5.32. The van der Waals surface area contributed by atoms with Gasteiger partial charge in [-0.05, 0) is 67.7 Å². The highest BCUT2D eigenvalue weighted by atomic mass is 35.5. The number of β-amino-alcohol motifs (C(OH)–C–C–N with tert-alkyl or cyclic N) is 1. The van der Waals surface area contributed by atoms with E-state index < -0.39 is 6.10 Å². The summed E-state index contributed by atoms with van der Waals surface area (Å²) in [6.07, 6.45) is 1.58. The molecule has 0 radical (unpaired) electrons. The van der Waals surface area contributed by atoms with E-state index in [0.29, 0.717) is 12.5 Å². The lowest BCUT2D eigenvalue weighted by molar-refractivity contribution is 0.0867. The zero-order chi connectivity index (χ0) is 20.4. The van der Waals surface area contributed by atoms with Gasteiger partial charge < -0.3 is 14.6 Å². The molecule has 0 bridgehead atoms. The number of hydrogen-bond donors (Lipinski definition) is 1. The van der Waals surface area contributed by atoms with Crippen molar-refractivity contribution in [3.05, 3.63) is 63.7 Å². The number of aliphatic hydroxyl groups excluding tert-OH is 1. The highest BCUT2D eigenvalue weighted by molar-refractivity contribution is 7.16. The van der Waals surface area contributed by atoms with Gasteiger partial charge in [-0.2, -0.15) is 0 Å². The number of nitrogens with zero attached hydrogens (tertiary/aromatic N) is 3. The number of rotatable bonds is 5. The lowest BCUT2D eigenvalue weighted by Crippen LogP contribution is -2.38. The van der Waals surface area contributed by atoms with Crippen molar-refractivity contribution in [2.75, 3.05) is 26.7 Å². The van der Waals surface area contributed by atoms with Gasteiger partial charge >= 0.3 is 0 Å². The first-order valence-electron chi connectivity index (χ1n) is 9.91. The van der Waals surface area contributed by atoms with E-state index in [1.165, 1.54) is 17.6 Å². The lowest BCUT2D eigenvalue weighted by Gasteiger charge is -2.33. The molecule has 0 amide bonds. The fourth-order valence-corrected chi connectivity index (χ4v) is 5.31. The van der Waals surface area contributed by atoms with Gasteiger partial charge in [-0.25, -0.2) is 4.39 Å². The van der Waals surface area contributed by atoms with Crippen molar-refractivity contribution in [1.29, 1.82) is 0 Å². The van der Waals surface area contributed by atoms with Gasteiger partial charge in [-0.15, -0.1) is 24.8 Å². The molecular formula is C22H27Cl3FN3OS. The van der Waals surface area contributed by atoms with Crippen molar-refractivity contribution in [2.24, 2.45) is 10.9 Å². The van der Waals surface area contributed by atoms with Crippen LogP contribution in [0.1, 0.15) is 24.5 Å². The highest BCUT2D eigenvalue weighted by Crippen LogP contribution is 2.26. The van der Waals surface area contributed by atoms with Crippen molar-refractivity contribution in [3.8, 4) is 0 Å². The summed E-state index contributed by atoms with van der Waals surface area (Å²) in [6.45, 7) is 3.44. The third kappa shape index (κ3) is 6.21.